The van der Waals surface area contributed by atoms with E-state index in [1.165, 1.54) is 7.11 Å². The van der Waals surface area contributed by atoms with Gasteiger partial charge in [0.05, 0.1) is 19.8 Å². The van der Waals surface area contributed by atoms with E-state index in [0.717, 1.165) is 6.42 Å². The van der Waals surface area contributed by atoms with Gasteiger partial charge in [-0.2, -0.15) is 0 Å². The summed E-state index contributed by atoms with van der Waals surface area (Å²) in [5.74, 6) is 0.454. The Balaban J connectivity index is 2.85. The Bertz CT molecular complexity index is 394. The van der Waals surface area contributed by atoms with E-state index in [-0.39, 0.29) is 12.6 Å². The normalized spacial score (nSPS) is 12.3. The van der Waals surface area contributed by atoms with Gasteiger partial charge in [0, 0.05) is 6.20 Å². The van der Waals surface area contributed by atoms with Crippen LogP contribution in [0.1, 0.15) is 30.6 Å². The largest absolute Gasteiger partial charge is 0.465 e. The first-order valence-corrected chi connectivity index (χ1v) is 5.99. The van der Waals surface area contributed by atoms with Crippen LogP contribution in [0.25, 0.3) is 0 Å². The zero-order chi connectivity index (χ0) is 13.5. The molecule has 1 unspecified atom stereocenters. The van der Waals surface area contributed by atoms with Gasteiger partial charge in [-0.05, 0) is 24.5 Å². The van der Waals surface area contributed by atoms with E-state index >= 15 is 0 Å². The molecule has 0 amide bonds. The number of nitrogens with zero attached hydrogens (tertiary/aromatic N) is 1. The lowest BCUT2D eigenvalue weighted by Crippen LogP contribution is -2.27. The quantitative estimate of drug-likeness (QED) is 0.754. The maximum Gasteiger partial charge on any atom is 0.341 e. The molecule has 1 aromatic rings. The van der Waals surface area contributed by atoms with Crippen LogP contribution in [0.2, 0.25) is 0 Å². The van der Waals surface area contributed by atoms with E-state index in [0.29, 0.717) is 17.3 Å². The number of methoxy groups -OCH3 is 1. The second kappa shape index (κ2) is 6.96. The van der Waals surface area contributed by atoms with Gasteiger partial charge in [-0.1, -0.05) is 13.8 Å². The van der Waals surface area contributed by atoms with Crippen molar-refractivity contribution in [3.05, 3.63) is 23.9 Å². The fourth-order valence-electron chi connectivity index (χ4n) is 1.74. The Labute approximate surface area is 107 Å². The number of aliphatic hydroxyl groups is 1. The summed E-state index contributed by atoms with van der Waals surface area (Å²) in [4.78, 5) is 15.7. The monoisotopic (exact) mass is 252 g/mol. The Morgan fingerprint density at radius 3 is 2.83 bits per heavy atom. The summed E-state index contributed by atoms with van der Waals surface area (Å²) in [7, 11) is 1.33. The number of anilines is 1. The maximum absolute atomic E-state index is 11.6. The summed E-state index contributed by atoms with van der Waals surface area (Å²) in [6, 6.07) is 3.20. The molecular weight excluding hydrogens is 232 g/mol. The van der Waals surface area contributed by atoms with Crippen molar-refractivity contribution in [2.45, 2.75) is 26.3 Å². The van der Waals surface area contributed by atoms with E-state index < -0.39 is 5.97 Å². The minimum Gasteiger partial charge on any atom is -0.465 e. The first-order valence-electron chi connectivity index (χ1n) is 5.99. The second-order valence-corrected chi connectivity index (χ2v) is 4.54. The zero-order valence-corrected chi connectivity index (χ0v) is 11.0. The van der Waals surface area contributed by atoms with Crippen LogP contribution in [0, 0.1) is 5.92 Å². The Kier molecular flexibility index (Phi) is 5.58. The van der Waals surface area contributed by atoms with E-state index in [4.69, 9.17) is 4.74 Å². The standard InChI is InChI=1S/C13H20N2O3/c1-9(2)7-10(8-16)15-12-11(13(17)18-3)5-4-6-14-12/h4-6,9-10,16H,7-8H2,1-3H3,(H,14,15). The summed E-state index contributed by atoms with van der Waals surface area (Å²) in [5, 5.41) is 12.4. The molecule has 0 aliphatic rings. The van der Waals surface area contributed by atoms with Crippen molar-refractivity contribution in [2.24, 2.45) is 5.92 Å². The smallest absolute Gasteiger partial charge is 0.341 e. The molecule has 5 heteroatoms. The van der Waals surface area contributed by atoms with Gasteiger partial charge in [0.25, 0.3) is 0 Å². The van der Waals surface area contributed by atoms with Crippen molar-refractivity contribution in [1.82, 2.24) is 4.98 Å². The lowest BCUT2D eigenvalue weighted by atomic mass is 10.0. The van der Waals surface area contributed by atoms with Gasteiger partial charge in [-0.25, -0.2) is 9.78 Å². The number of ether oxygens (including phenoxy) is 1. The molecule has 0 spiro atoms. The first kappa shape index (κ1) is 14.4. The minimum absolute atomic E-state index is 0.00460. The predicted octanol–water partition coefficient (Wildman–Crippen LogP) is 1.69. The molecule has 0 aromatic carbocycles. The lowest BCUT2D eigenvalue weighted by Gasteiger charge is -2.19. The van der Waals surface area contributed by atoms with E-state index in [9.17, 15) is 9.90 Å². The number of hydrogen-bond acceptors (Lipinski definition) is 5. The lowest BCUT2D eigenvalue weighted by molar-refractivity contribution is 0.0601. The van der Waals surface area contributed by atoms with Crippen molar-refractivity contribution in [1.29, 1.82) is 0 Å². The highest BCUT2D eigenvalue weighted by atomic mass is 16.5. The summed E-state index contributed by atoms with van der Waals surface area (Å²) >= 11 is 0. The van der Waals surface area contributed by atoms with E-state index in [1.807, 2.05) is 0 Å². The number of carbonyl (C=O) groups is 1. The van der Waals surface area contributed by atoms with Gasteiger partial charge in [0.15, 0.2) is 0 Å². The molecule has 2 N–H and O–H groups in total. The molecule has 0 aliphatic heterocycles. The van der Waals surface area contributed by atoms with Gasteiger partial charge in [0.2, 0.25) is 0 Å². The molecule has 5 nitrogen and oxygen atoms in total. The maximum atomic E-state index is 11.6. The van der Waals surface area contributed by atoms with Crippen molar-refractivity contribution in [3.8, 4) is 0 Å². The predicted molar refractivity (Wildman–Crippen MR) is 69.5 cm³/mol. The van der Waals surface area contributed by atoms with Crippen LogP contribution in [-0.2, 0) is 4.74 Å². The summed E-state index contributed by atoms with van der Waals surface area (Å²) in [6.45, 7) is 4.14. The fourth-order valence-corrected chi connectivity index (χ4v) is 1.74. The third kappa shape index (κ3) is 4.00. The van der Waals surface area contributed by atoms with Crippen LogP contribution in [0.15, 0.2) is 18.3 Å². The van der Waals surface area contributed by atoms with E-state index in [2.05, 4.69) is 24.1 Å². The third-order valence-corrected chi connectivity index (χ3v) is 2.53. The molecule has 0 radical (unpaired) electrons. The van der Waals surface area contributed by atoms with Crippen LogP contribution in [0.5, 0.6) is 0 Å². The number of rotatable bonds is 6. The van der Waals surface area contributed by atoms with Gasteiger partial charge >= 0.3 is 5.97 Å². The number of carbonyl (C=O) groups excluding carboxylic acids is 1. The molecule has 0 saturated heterocycles. The molecule has 0 fully saturated rings. The van der Waals surface area contributed by atoms with Gasteiger partial charge in [0.1, 0.15) is 11.4 Å². The zero-order valence-electron chi connectivity index (χ0n) is 11.0. The van der Waals surface area contributed by atoms with E-state index in [1.54, 1.807) is 18.3 Å². The number of aliphatic hydroxyl groups excluding tert-OH is 1. The third-order valence-electron chi connectivity index (χ3n) is 2.53. The SMILES string of the molecule is COC(=O)c1cccnc1NC(CO)CC(C)C. The highest BCUT2D eigenvalue weighted by Crippen LogP contribution is 2.16. The van der Waals surface area contributed by atoms with Gasteiger partial charge in [-0.3, -0.25) is 0 Å². The molecule has 1 aromatic heterocycles. The molecule has 100 valence electrons. The van der Waals surface area contributed by atoms with Crippen molar-refractivity contribution in [3.63, 3.8) is 0 Å². The molecule has 1 rings (SSSR count). The minimum atomic E-state index is -0.438. The first-order chi connectivity index (χ1) is 8.58. The number of aromatic nitrogens is 1. The molecule has 1 heterocycles. The highest BCUT2D eigenvalue weighted by molar-refractivity contribution is 5.94. The van der Waals surface area contributed by atoms with Gasteiger partial charge < -0.3 is 15.2 Å². The van der Waals surface area contributed by atoms with Crippen molar-refractivity contribution < 1.29 is 14.6 Å². The molecular formula is C13H20N2O3. The molecule has 0 bridgehead atoms. The molecule has 1 atom stereocenters. The average molecular weight is 252 g/mol. The van der Waals surface area contributed by atoms with Crippen LogP contribution in [0.4, 0.5) is 5.82 Å². The average Bonchev–Trinajstić information content (AvgIpc) is 2.37. The Hall–Kier alpha value is -1.62. The second-order valence-electron chi connectivity index (χ2n) is 4.54. The topological polar surface area (TPSA) is 71.5 Å². The van der Waals surface area contributed by atoms with Gasteiger partial charge in [-0.15, -0.1) is 0 Å². The van der Waals surface area contributed by atoms with Crippen molar-refractivity contribution in [2.75, 3.05) is 19.0 Å². The number of hydrogen-bond donors (Lipinski definition) is 2. The van der Waals surface area contributed by atoms with Crippen LogP contribution in [0.3, 0.4) is 0 Å². The molecule has 0 saturated carbocycles. The highest BCUT2D eigenvalue weighted by Gasteiger charge is 2.16. The summed E-state index contributed by atoms with van der Waals surface area (Å²) in [6.07, 6.45) is 2.40. The Morgan fingerprint density at radius 2 is 2.28 bits per heavy atom. The summed E-state index contributed by atoms with van der Waals surface area (Å²) in [5.41, 5.74) is 0.377. The summed E-state index contributed by atoms with van der Waals surface area (Å²) < 4.78 is 4.69. The number of esters is 1. The Morgan fingerprint density at radius 1 is 1.56 bits per heavy atom. The fraction of sp³-hybridized carbons (Fsp3) is 0.538. The molecule has 0 aliphatic carbocycles. The van der Waals surface area contributed by atoms with Crippen LogP contribution >= 0.6 is 0 Å². The van der Waals surface area contributed by atoms with Crippen LogP contribution in [-0.4, -0.2) is 35.8 Å². The molecule has 18 heavy (non-hydrogen) atoms. The number of pyridine rings is 1. The number of nitrogens with one attached hydrogen (secondary N) is 1. The van der Waals surface area contributed by atoms with Crippen molar-refractivity contribution >= 4 is 11.8 Å². The van der Waals surface area contributed by atoms with Crippen LogP contribution < -0.4 is 5.32 Å².